The number of esters is 1. The highest BCUT2D eigenvalue weighted by Crippen LogP contribution is 2.45. The number of ether oxygens (including phenoxy) is 1. The highest BCUT2D eigenvalue weighted by atomic mass is 32.2. The molecule has 0 saturated heterocycles. The van der Waals surface area contributed by atoms with Crippen molar-refractivity contribution in [3.8, 4) is 11.1 Å². The second kappa shape index (κ2) is 6.98. The third-order valence-electron chi connectivity index (χ3n) is 4.08. The lowest BCUT2D eigenvalue weighted by molar-refractivity contribution is -0.159. The Morgan fingerprint density at radius 1 is 1.08 bits per heavy atom. The summed E-state index contributed by atoms with van der Waals surface area (Å²) in [6, 6.07) is 15.7. The van der Waals surface area contributed by atoms with Crippen LogP contribution in [0.3, 0.4) is 0 Å². The fourth-order valence-electron chi connectivity index (χ4n) is 2.89. The third kappa shape index (κ3) is 3.34. The van der Waals surface area contributed by atoms with E-state index in [-0.39, 0.29) is 5.92 Å². The van der Waals surface area contributed by atoms with Crippen molar-refractivity contribution >= 4 is 27.8 Å². The van der Waals surface area contributed by atoms with Gasteiger partial charge in [-0.2, -0.15) is 17.2 Å². The molecule has 1 aliphatic rings. The van der Waals surface area contributed by atoms with Crippen LogP contribution in [0.5, 0.6) is 0 Å². The Kier molecular flexibility index (Phi) is 5.05. The molecule has 0 amide bonds. The van der Waals surface area contributed by atoms with E-state index in [0.717, 1.165) is 34.0 Å². The van der Waals surface area contributed by atoms with Gasteiger partial charge in [0.25, 0.3) is 0 Å². The lowest BCUT2D eigenvalue weighted by Gasteiger charge is -2.15. The van der Waals surface area contributed by atoms with E-state index >= 15 is 0 Å². The molecule has 1 aliphatic carbocycles. The van der Waals surface area contributed by atoms with Crippen molar-refractivity contribution in [3.63, 3.8) is 0 Å². The number of carbonyl (C=O) groups is 1. The van der Waals surface area contributed by atoms with E-state index < -0.39 is 27.3 Å². The van der Waals surface area contributed by atoms with Crippen molar-refractivity contribution in [3.05, 3.63) is 59.7 Å². The van der Waals surface area contributed by atoms with Crippen LogP contribution in [0.2, 0.25) is 0 Å². The molecule has 2 aromatic carbocycles. The molecule has 9 heteroatoms. The molecule has 5 nitrogen and oxygen atoms in total. The van der Waals surface area contributed by atoms with Crippen molar-refractivity contribution in [2.45, 2.75) is 11.2 Å². The standard InChI is InChI=1S/C17H14F2O5S2/c18-17(19,26(21,22)23)16(20)24-10-25-9-15-13-7-3-1-5-11(13)12-6-2-4-8-14(12)15/h1-8,15H,9-10H2,(H,21,22,23). The van der Waals surface area contributed by atoms with Gasteiger partial charge in [-0.3, -0.25) is 4.55 Å². The Morgan fingerprint density at radius 2 is 1.58 bits per heavy atom. The minimum Gasteiger partial charge on any atom is -0.449 e. The first-order valence-corrected chi connectivity index (χ1v) is 10.1. The van der Waals surface area contributed by atoms with Gasteiger partial charge in [0.15, 0.2) is 0 Å². The summed E-state index contributed by atoms with van der Waals surface area (Å²) in [5.41, 5.74) is 4.39. The summed E-state index contributed by atoms with van der Waals surface area (Å²) >= 11 is 1.08. The SMILES string of the molecule is O=C(OCSCC1c2ccccc2-c2ccccc21)C(F)(F)S(=O)(=O)O. The first-order valence-electron chi connectivity index (χ1n) is 7.51. The van der Waals surface area contributed by atoms with Crippen LogP contribution in [-0.2, 0) is 19.6 Å². The van der Waals surface area contributed by atoms with Crippen molar-refractivity contribution in [1.82, 2.24) is 0 Å². The molecule has 0 atom stereocenters. The lowest BCUT2D eigenvalue weighted by atomic mass is 9.99. The molecule has 1 N–H and O–H groups in total. The van der Waals surface area contributed by atoms with Crippen molar-refractivity contribution in [1.29, 1.82) is 0 Å². The van der Waals surface area contributed by atoms with E-state index in [4.69, 9.17) is 4.55 Å². The summed E-state index contributed by atoms with van der Waals surface area (Å²) in [5, 5.41) is -4.97. The topological polar surface area (TPSA) is 80.7 Å². The number of rotatable bonds is 6. The molecule has 0 aliphatic heterocycles. The van der Waals surface area contributed by atoms with Gasteiger partial charge in [0.2, 0.25) is 0 Å². The predicted octanol–water partition coefficient (Wildman–Crippen LogP) is 3.51. The van der Waals surface area contributed by atoms with Crippen LogP contribution in [0.4, 0.5) is 8.78 Å². The monoisotopic (exact) mass is 400 g/mol. The third-order valence-corrected chi connectivity index (χ3v) is 5.75. The molecule has 26 heavy (non-hydrogen) atoms. The zero-order valence-corrected chi connectivity index (χ0v) is 14.9. The molecule has 0 unspecified atom stereocenters. The zero-order valence-electron chi connectivity index (χ0n) is 13.3. The van der Waals surface area contributed by atoms with Gasteiger partial charge in [-0.15, -0.1) is 11.8 Å². The maximum Gasteiger partial charge on any atom is 0.465 e. The van der Waals surface area contributed by atoms with Crippen LogP contribution < -0.4 is 0 Å². The number of hydrogen-bond acceptors (Lipinski definition) is 5. The highest BCUT2D eigenvalue weighted by molar-refractivity contribution is 7.99. The van der Waals surface area contributed by atoms with E-state index in [1.807, 2.05) is 48.5 Å². The minimum atomic E-state index is -5.85. The molecule has 0 saturated carbocycles. The fourth-order valence-corrected chi connectivity index (χ4v) is 4.04. The van der Waals surface area contributed by atoms with E-state index in [2.05, 4.69) is 4.74 Å². The minimum absolute atomic E-state index is 0.00758. The smallest absolute Gasteiger partial charge is 0.449 e. The van der Waals surface area contributed by atoms with E-state index in [1.54, 1.807) is 0 Å². The molecule has 2 aromatic rings. The molecule has 0 spiro atoms. The molecular weight excluding hydrogens is 386 g/mol. The normalized spacial score (nSPS) is 14.0. The van der Waals surface area contributed by atoms with E-state index in [0.29, 0.717) is 5.75 Å². The van der Waals surface area contributed by atoms with Crippen LogP contribution in [0.1, 0.15) is 17.0 Å². The Bertz CT molecular complexity index is 898. The van der Waals surface area contributed by atoms with Gasteiger partial charge in [-0.25, -0.2) is 4.79 Å². The largest absolute Gasteiger partial charge is 0.465 e. The van der Waals surface area contributed by atoms with E-state index in [1.165, 1.54) is 0 Å². The summed E-state index contributed by atoms with van der Waals surface area (Å²) in [7, 11) is -5.85. The van der Waals surface area contributed by atoms with Gasteiger partial charge in [0.1, 0.15) is 5.94 Å². The number of thioether (sulfide) groups is 1. The number of fused-ring (bicyclic) bond motifs is 3. The predicted molar refractivity (Wildman–Crippen MR) is 93.6 cm³/mol. The average molecular weight is 400 g/mol. The number of carbonyl (C=O) groups excluding carboxylic acids is 1. The van der Waals surface area contributed by atoms with Gasteiger partial charge in [-0.05, 0) is 22.3 Å². The summed E-state index contributed by atoms with van der Waals surface area (Å²) < 4.78 is 59.9. The highest BCUT2D eigenvalue weighted by Gasteiger charge is 2.54. The Labute approximate surface area is 153 Å². The molecule has 0 heterocycles. The van der Waals surface area contributed by atoms with E-state index in [9.17, 15) is 22.0 Å². The number of hydrogen-bond donors (Lipinski definition) is 1. The molecule has 0 fully saturated rings. The Morgan fingerprint density at radius 3 is 2.08 bits per heavy atom. The van der Waals surface area contributed by atoms with Crippen LogP contribution in [0.25, 0.3) is 11.1 Å². The molecule has 0 aromatic heterocycles. The summed E-state index contributed by atoms with van der Waals surface area (Å²) in [5.74, 6) is -2.28. The van der Waals surface area contributed by atoms with Crippen molar-refractivity contribution < 1.29 is 31.3 Å². The summed E-state index contributed by atoms with van der Waals surface area (Å²) in [6.45, 7) is 0. The van der Waals surface area contributed by atoms with Crippen LogP contribution in [-0.4, -0.2) is 35.9 Å². The summed E-state index contributed by atoms with van der Waals surface area (Å²) in [4.78, 5) is 11.2. The zero-order chi connectivity index (χ0) is 18.9. The number of benzene rings is 2. The first kappa shape index (κ1) is 18.8. The second-order valence-electron chi connectivity index (χ2n) is 5.64. The average Bonchev–Trinajstić information content (AvgIpc) is 2.92. The van der Waals surface area contributed by atoms with Crippen molar-refractivity contribution in [2.24, 2.45) is 0 Å². The van der Waals surface area contributed by atoms with Crippen LogP contribution >= 0.6 is 11.8 Å². The molecular formula is C17H14F2O5S2. The molecule has 0 bridgehead atoms. The summed E-state index contributed by atoms with van der Waals surface area (Å²) in [6.07, 6.45) is 0. The molecule has 0 radical (unpaired) electrons. The Hall–Kier alpha value is -1.97. The lowest BCUT2D eigenvalue weighted by Crippen LogP contribution is -2.38. The quantitative estimate of drug-likeness (QED) is 0.346. The second-order valence-corrected chi connectivity index (χ2v) is 8.08. The van der Waals surface area contributed by atoms with Gasteiger partial charge in [0.05, 0.1) is 0 Å². The number of alkyl halides is 2. The van der Waals surface area contributed by atoms with Crippen LogP contribution in [0.15, 0.2) is 48.5 Å². The maximum atomic E-state index is 13.1. The van der Waals surface area contributed by atoms with Gasteiger partial charge >= 0.3 is 21.3 Å². The molecule has 3 rings (SSSR count). The number of halogens is 2. The van der Waals surface area contributed by atoms with Gasteiger partial charge in [-0.1, -0.05) is 48.5 Å². The van der Waals surface area contributed by atoms with Crippen molar-refractivity contribution in [2.75, 3.05) is 11.7 Å². The molecule has 138 valence electrons. The maximum absolute atomic E-state index is 13.1. The fraction of sp³-hybridized carbons (Fsp3) is 0.235. The first-order chi connectivity index (χ1) is 12.2. The van der Waals surface area contributed by atoms with Gasteiger partial charge < -0.3 is 4.74 Å². The van der Waals surface area contributed by atoms with Gasteiger partial charge in [0, 0.05) is 11.7 Å². The Balaban J connectivity index is 1.65. The van der Waals surface area contributed by atoms with Crippen LogP contribution in [0, 0.1) is 0 Å².